The third-order valence-corrected chi connectivity index (χ3v) is 8.53. The van der Waals surface area contributed by atoms with Crippen LogP contribution < -0.4 is 10.4 Å². The summed E-state index contributed by atoms with van der Waals surface area (Å²) in [5.74, 6) is 0.252. The molecule has 1 amide bonds. The van der Waals surface area contributed by atoms with Crippen LogP contribution in [0.4, 0.5) is 4.39 Å². The van der Waals surface area contributed by atoms with Crippen molar-refractivity contribution >= 4 is 32.8 Å². The van der Waals surface area contributed by atoms with Gasteiger partial charge in [-0.2, -0.15) is 0 Å². The van der Waals surface area contributed by atoms with Crippen LogP contribution in [-0.4, -0.2) is 34.6 Å². The van der Waals surface area contributed by atoms with E-state index in [1.165, 1.54) is 6.07 Å². The Bertz CT molecular complexity index is 1390. The molecule has 0 bridgehead atoms. The first-order valence-electron chi connectivity index (χ1n) is 12.9. The number of aliphatic hydroxyl groups is 1. The minimum atomic E-state index is -0.625. The quantitative estimate of drug-likeness (QED) is 0.386. The molecule has 2 aromatic carbocycles. The number of carbonyl (C=O) groups excluding carboxylic acids is 1. The molecule has 1 aliphatic heterocycles. The average molecular weight is 572 g/mol. The highest BCUT2D eigenvalue weighted by Gasteiger charge is 2.43. The molecule has 1 saturated carbocycles. The van der Waals surface area contributed by atoms with Gasteiger partial charge in [0.25, 0.3) is 0 Å². The zero-order valence-electron chi connectivity index (χ0n) is 20.9. The number of piperidine rings is 1. The number of amides is 1. The summed E-state index contributed by atoms with van der Waals surface area (Å²) in [5.41, 5.74) is 0.999. The highest BCUT2D eigenvalue weighted by molar-refractivity contribution is 9.10. The van der Waals surface area contributed by atoms with Crippen molar-refractivity contribution < 1.29 is 23.4 Å². The van der Waals surface area contributed by atoms with E-state index in [1.54, 1.807) is 24.3 Å². The number of fused-ring (bicyclic) bond motifs is 2. The molecule has 1 N–H and O–H groups in total. The third kappa shape index (κ3) is 5.46. The molecule has 1 aliphatic carbocycles. The lowest BCUT2D eigenvalue weighted by atomic mass is 9.71. The van der Waals surface area contributed by atoms with Gasteiger partial charge in [-0.15, -0.1) is 0 Å². The molecule has 0 spiro atoms. The minimum Gasteiger partial charge on any atom is -0.489 e. The Morgan fingerprint density at radius 1 is 1.24 bits per heavy atom. The first-order chi connectivity index (χ1) is 17.7. The van der Waals surface area contributed by atoms with E-state index < -0.39 is 11.2 Å². The monoisotopic (exact) mass is 571 g/mol. The maximum Gasteiger partial charge on any atom is 0.339 e. The fourth-order valence-corrected chi connectivity index (χ4v) is 6.07. The smallest absolute Gasteiger partial charge is 0.339 e. The minimum absolute atomic E-state index is 0.00967. The Kier molecular flexibility index (Phi) is 7.41. The van der Waals surface area contributed by atoms with Crippen molar-refractivity contribution in [1.29, 1.82) is 0 Å². The zero-order chi connectivity index (χ0) is 26.2. The summed E-state index contributed by atoms with van der Waals surface area (Å²) in [4.78, 5) is 27.6. The largest absolute Gasteiger partial charge is 0.489 e. The van der Waals surface area contributed by atoms with Crippen molar-refractivity contribution in [3.63, 3.8) is 0 Å². The van der Waals surface area contributed by atoms with Crippen molar-refractivity contribution in [2.24, 2.45) is 5.92 Å². The van der Waals surface area contributed by atoms with Gasteiger partial charge >= 0.3 is 5.63 Å². The van der Waals surface area contributed by atoms with Gasteiger partial charge in [-0.1, -0.05) is 34.8 Å². The SMILES string of the molecule is Cc1c(CCC(=O)N2CCC3(O)CCCCC3C2)c(=O)oc2cc(OCc3ccc(Br)cc3F)ccc12. The fraction of sp³-hybridized carbons (Fsp3) is 0.448. The van der Waals surface area contributed by atoms with Crippen molar-refractivity contribution in [2.45, 2.75) is 64.1 Å². The summed E-state index contributed by atoms with van der Waals surface area (Å²) in [5, 5.41) is 11.7. The number of rotatable bonds is 6. The van der Waals surface area contributed by atoms with Gasteiger partial charge in [-0.25, -0.2) is 9.18 Å². The molecular formula is C29H31BrFNO5. The Morgan fingerprint density at radius 2 is 2.08 bits per heavy atom. The maximum atomic E-state index is 14.1. The molecule has 2 aliphatic rings. The Hall–Kier alpha value is -2.71. The fourth-order valence-electron chi connectivity index (χ4n) is 5.74. The number of ether oxygens (including phenoxy) is 1. The van der Waals surface area contributed by atoms with Crippen molar-refractivity contribution in [2.75, 3.05) is 13.1 Å². The molecule has 3 aromatic rings. The maximum absolute atomic E-state index is 14.1. The Labute approximate surface area is 223 Å². The summed E-state index contributed by atoms with van der Waals surface area (Å²) in [6.45, 7) is 3.06. The highest BCUT2D eigenvalue weighted by Crippen LogP contribution is 2.40. The van der Waals surface area contributed by atoms with Crippen LogP contribution >= 0.6 is 15.9 Å². The van der Waals surface area contributed by atoms with E-state index in [-0.39, 0.29) is 30.7 Å². The first-order valence-corrected chi connectivity index (χ1v) is 13.7. The molecule has 2 fully saturated rings. The second-order valence-corrected chi connectivity index (χ2v) is 11.2. The predicted molar refractivity (Wildman–Crippen MR) is 142 cm³/mol. The normalized spacial score (nSPS) is 21.6. The van der Waals surface area contributed by atoms with Crippen molar-refractivity contribution in [3.8, 4) is 5.75 Å². The predicted octanol–water partition coefficient (Wildman–Crippen LogP) is 5.67. The standard InChI is InChI=1S/C29H31BrFNO5/c1-18-23-8-7-22(36-17-19-5-6-21(30)14-25(19)31)15-26(23)37-28(34)24(18)9-10-27(33)32-13-12-29(35)11-3-2-4-20(29)16-32/h5-8,14-15,20,35H,2-4,9-13,16-17H2,1H3. The molecule has 6 nitrogen and oxygen atoms in total. The lowest BCUT2D eigenvalue weighted by Crippen LogP contribution is -2.54. The molecule has 2 atom stereocenters. The molecule has 5 rings (SSSR count). The number of carbonyl (C=O) groups is 1. The molecule has 1 aromatic heterocycles. The second kappa shape index (κ2) is 10.6. The lowest BCUT2D eigenvalue weighted by Gasteiger charge is -2.47. The van der Waals surface area contributed by atoms with Crippen LogP contribution in [0, 0.1) is 18.7 Å². The summed E-state index contributed by atoms with van der Waals surface area (Å²) in [6, 6.07) is 10.00. The van der Waals surface area contributed by atoms with E-state index in [0.29, 0.717) is 52.9 Å². The van der Waals surface area contributed by atoms with E-state index in [4.69, 9.17) is 9.15 Å². The van der Waals surface area contributed by atoms with E-state index in [2.05, 4.69) is 15.9 Å². The number of aryl methyl sites for hydroxylation is 1. The van der Waals surface area contributed by atoms with Crippen LogP contribution in [-0.2, 0) is 17.8 Å². The van der Waals surface area contributed by atoms with E-state index in [1.807, 2.05) is 17.9 Å². The van der Waals surface area contributed by atoms with Crippen LogP contribution in [0.15, 0.2) is 50.1 Å². The van der Waals surface area contributed by atoms with E-state index in [0.717, 1.165) is 36.6 Å². The van der Waals surface area contributed by atoms with Crippen LogP contribution in [0.3, 0.4) is 0 Å². The van der Waals surface area contributed by atoms with Crippen LogP contribution in [0.5, 0.6) is 5.75 Å². The number of benzene rings is 2. The molecule has 1 saturated heterocycles. The van der Waals surface area contributed by atoms with Gasteiger partial charge in [-0.05, 0) is 62.4 Å². The van der Waals surface area contributed by atoms with Crippen molar-refractivity contribution in [1.82, 2.24) is 4.90 Å². The van der Waals surface area contributed by atoms with Gasteiger partial charge in [0.2, 0.25) is 5.91 Å². The number of hydrogen-bond donors (Lipinski definition) is 1. The molecule has 2 heterocycles. The van der Waals surface area contributed by atoms with E-state index >= 15 is 0 Å². The Balaban J connectivity index is 1.25. The van der Waals surface area contributed by atoms with Gasteiger partial charge in [0, 0.05) is 52.5 Å². The van der Waals surface area contributed by atoms with E-state index in [9.17, 15) is 19.1 Å². The highest BCUT2D eigenvalue weighted by atomic mass is 79.9. The van der Waals surface area contributed by atoms with Gasteiger partial charge in [0.1, 0.15) is 23.8 Å². The number of nitrogens with zero attached hydrogens (tertiary/aromatic N) is 1. The van der Waals surface area contributed by atoms with Crippen LogP contribution in [0.2, 0.25) is 0 Å². The van der Waals surface area contributed by atoms with Gasteiger partial charge in [0.05, 0.1) is 5.60 Å². The molecular weight excluding hydrogens is 541 g/mol. The summed E-state index contributed by atoms with van der Waals surface area (Å²) in [6.07, 6.45) is 5.08. The van der Waals surface area contributed by atoms with Crippen molar-refractivity contribution in [3.05, 3.63) is 73.8 Å². The van der Waals surface area contributed by atoms with Gasteiger partial charge < -0.3 is 19.2 Å². The van der Waals surface area contributed by atoms with Crippen LogP contribution in [0.25, 0.3) is 11.0 Å². The molecule has 8 heteroatoms. The Morgan fingerprint density at radius 3 is 2.89 bits per heavy atom. The zero-order valence-corrected chi connectivity index (χ0v) is 22.5. The van der Waals surface area contributed by atoms with Gasteiger partial charge in [0.15, 0.2) is 0 Å². The lowest BCUT2D eigenvalue weighted by molar-refractivity contribution is -0.143. The number of likely N-dealkylation sites (tertiary alicyclic amines) is 1. The second-order valence-electron chi connectivity index (χ2n) is 10.3. The topological polar surface area (TPSA) is 80.0 Å². The average Bonchev–Trinajstić information content (AvgIpc) is 2.87. The molecule has 37 heavy (non-hydrogen) atoms. The summed E-state index contributed by atoms with van der Waals surface area (Å²) in [7, 11) is 0. The number of halogens is 2. The number of hydrogen-bond acceptors (Lipinski definition) is 5. The first kappa shape index (κ1) is 25.9. The molecule has 196 valence electrons. The van der Waals surface area contributed by atoms with Gasteiger partial charge in [-0.3, -0.25) is 4.79 Å². The third-order valence-electron chi connectivity index (χ3n) is 8.04. The van der Waals surface area contributed by atoms with Crippen LogP contribution in [0.1, 0.15) is 55.2 Å². The summed E-state index contributed by atoms with van der Waals surface area (Å²) < 4.78 is 26.1. The molecule has 2 unspecified atom stereocenters. The molecule has 0 radical (unpaired) electrons. The summed E-state index contributed by atoms with van der Waals surface area (Å²) >= 11 is 3.24.